The summed E-state index contributed by atoms with van der Waals surface area (Å²) in [4.78, 5) is 18.3. The van der Waals surface area contributed by atoms with E-state index in [1.54, 1.807) is 13.0 Å². The molecule has 2 aliphatic rings. The Morgan fingerprint density at radius 1 is 1.24 bits per heavy atom. The SMILES string of the molecule is CC(=O)NC1C[C@H]2CC[C@@H](C1)N2Cc1cc2cc(Oc3nc4c(F)cccc4s3)ccc2o1. The normalized spacial score (nSPS) is 22.8. The molecule has 6 rings (SSSR count). The van der Waals surface area contributed by atoms with E-state index in [0.717, 1.165) is 40.8 Å². The van der Waals surface area contributed by atoms with E-state index in [9.17, 15) is 9.18 Å². The third kappa shape index (κ3) is 3.98. The second-order valence-electron chi connectivity index (χ2n) is 9.01. The van der Waals surface area contributed by atoms with Gasteiger partial charge in [0, 0.05) is 30.4 Å². The summed E-state index contributed by atoms with van der Waals surface area (Å²) in [6.45, 7) is 2.36. The Labute approximate surface area is 194 Å². The minimum atomic E-state index is -0.344. The van der Waals surface area contributed by atoms with Crippen molar-refractivity contribution in [2.75, 3.05) is 0 Å². The van der Waals surface area contributed by atoms with Crippen LogP contribution in [-0.2, 0) is 11.3 Å². The van der Waals surface area contributed by atoms with Gasteiger partial charge in [-0.05, 0) is 62.1 Å². The van der Waals surface area contributed by atoms with Crippen LogP contribution < -0.4 is 10.1 Å². The van der Waals surface area contributed by atoms with E-state index in [2.05, 4.69) is 21.3 Å². The number of halogens is 1. The molecule has 2 bridgehead atoms. The van der Waals surface area contributed by atoms with Crippen LogP contribution in [0.3, 0.4) is 0 Å². The van der Waals surface area contributed by atoms with Crippen LogP contribution in [0, 0.1) is 5.82 Å². The van der Waals surface area contributed by atoms with Crippen LogP contribution in [0.4, 0.5) is 4.39 Å². The van der Waals surface area contributed by atoms with Gasteiger partial charge in [0.25, 0.3) is 5.19 Å². The predicted molar refractivity (Wildman–Crippen MR) is 125 cm³/mol. The van der Waals surface area contributed by atoms with E-state index in [0.29, 0.717) is 28.5 Å². The highest BCUT2D eigenvalue weighted by molar-refractivity contribution is 7.20. The number of furan rings is 1. The number of carbonyl (C=O) groups excluding carboxylic acids is 1. The third-order valence-electron chi connectivity index (χ3n) is 6.72. The Hall–Kier alpha value is -2.97. The standard InChI is InChI=1S/C25H24FN3O3S/c1-14(30)27-16-11-17-5-6-18(12-16)29(17)13-20-10-15-9-19(7-8-22(15)31-20)32-25-28-24-21(26)3-2-4-23(24)33-25/h2-4,7-10,16-18H,5-6,11-13H2,1H3,(H,27,30)/t16?,17-,18+. The molecule has 0 aliphatic carbocycles. The lowest BCUT2D eigenvalue weighted by Crippen LogP contribution is -2.49. The number of nitrogens with one attached hydrogen (secondary N) is 1. The molecule has 6 nitrogen and oxygen atoms in total. The summed E-state index contributed by atoms with van der Waals surface area (Å²) < 4.78 is 26.7. The quantitative estimate of drug-likeness (QED) is 0.415. The average molecular weight is 466 g/mol. The lowest BCUT2D eigenvalue weighted by molar-refractivity contribution is -0.120. The summed E-state index contributed by atoms with van der Waals surface area (Å²) in [7, 11) is 0. The van der Waals surface area contributed by atoms with Crippen LogP contribution in [0.15, 0.2) is 46.9 Å². The summed E-state index contributed by atoms with van der Waals surface area (Å²) in [5.74, 6) is 1.28. The summed E-state index contributed by atoms with van der Waals surface area (Å²) in [5, 5.41) is 4.48. The van der Waals surface area contributed by atoms with Gasteiger partial charge >= 0.3 is 0 Å². The first-order chi connectivity index (χ1) is 16.0. The van der Waals surface area contributed by atoms with Crippen molar-refractivity contribution in [2.24, 2.45) is 0 Å². The lowest BCUT2D eigenvalue weighted by Gasteiger charge is -2.38. The van der Waals surface area contributed by atoms with Crippen LogP contribution in [0.1, 0.15) is 38.4 Å². The number of ether oxygens (including phenoxy) is 1. The van der Waals surface area contributed by atoms with Crippen molar-refractivity contribution in [3.8, 4) is 10.9 Å². The Kier molecular flexibility index (Phi) is 5.07. The molecular formula is C25H24FN3O3S. The molecule has 0 spiro atoms. The first-order valence-corrected chi connectivity index (χ1v) is 12.1. The Bertz CT molecular complexity index is 1340. The fraction of sp³-hybridized carbons (Fsp3) is 0.360. The summed E-state index contributed by atoms with van der Waals surface area (Å²) in [6, 6.07) is 13.9. The topological polar surface area (TPSA) is 67.6 Å². The van der Waals surface area contributed by atoms with Crippen LogP contribution in [0.5, 0.6) is 10.9 Å². The zero-order valence-corrected chi connectivity index (χ0v) is 19.0. The van der Waals surface area contributed by atoms with Crippen LogP contribution in [-0.4, -0.2) is 33.9 Å². The van der Waals surface area contributed by atoms with Gasteiger partial charge in [0.15, 0.2) is 0 Å². The Morgan fingerprint density at radius 2 is 2.06 bits per heavy atom. The van der Waals surface area contributed by atoms with E-state index in [1.165, 1.54) is 30.2 Å². The molecule has 170 valence electrons. The largest absolute Gasteiger partial charge is 0.460 e. The highest BCUT2D eigenvalue weighted by Crippen LogP contribution is 2.38. The molecule has 2 aliphatic heterocycles. The van der Waals surface area contributed by atoms with Crippen molar-refractivity contribution < 1.29 is 18.3 Å². The zero-order chi connectivity index (χ0) is 22.5. The minimum absolute atomic E-state index is 0.0548. The smallest absolute Gasteiger partial charge is 0.279 e. The van der Waals surface area contributed by atoms with Crippen LogP contribution in [0.2, 0.25) is 0 Å². The summed E-state index contributed by atoms with van der Waals surface area (Å²) in [5.41, 5.74) is 1.15. The number of benzene rings is 2. The van der Waals surface area contributed by atoms with Crippen molar-refractivity contribution in [3.05, 3.63) is 54.0 Å². The fourth-order valence-electron chi connectivity index (χ4n) is 5.37. The number of thiazole rings is 1. The fourth-order valence-corrected chi connectivity index (χ4v) is 6.22. The summed E-state index contributed by atoms with van der Waals surface area (Å²) in [6.07, 6.45) is 4.33. The van der Waals surface area contributed by atoms with E-state index >= 15 is 0 Å². The molecule has 1 amide bonds. The number of para-hydroxylation sites is 1. The molecule has 1 unspecified atom stereocenters. The molecule has 8 heteroatoms. The Balaban J connectivity index is 1.18. The highest BCUT2D eigenvalue weighted by Gasteiger charge is 2.41. The molecule has 2 saturated heterocycles. The number of piperidine rings is 1. The Morgan fingerprint density at radius 3 is 2.82 bits per heavy atom. The van der Waals surface area contributed by atoms with Gasteiger partial charge in [0.05, 0.1) is 11.2 Å². The minimum Gasteiger partial charge on any atom is -0.460 e. The molecule has 33 heavy (non-hydrogen) atoms. The number of hydrogen-bond acceptors (Lipinski definition) is 6. The van der Waals surface area contributed by atoms with E-state index in [-0.39, 0.29) is 17.8 Å². The van der Waals surface area contributed by atoms with Crippen LogP contribution in [0.25, 0.3) is 21.2 Å². The van der Waals surface area contributed by atoms with E-state index in [1.807, 2.05) is 24.3 Å². The molecule has 0 radical (unpaired) electrons. The van der Waals surface area contributed by atoms with Gasteiger partial charge in [-0.3, -0.25) is 9.69 Å². The van der Waals surface area contributed by atoms with Gasteiger partial charge in [0.2, 0.25) is 5.91 Å². The first kappa shape index (κ1) is 20.6. The van der Waals surface area contributed by atoms with E-state index < -0.39 is 0 Å². The number of amides is 1. The lowest BCUT2D eigenvalue weighted by atomic mass is 9.97. The molecule has 2 aromatic heterocycles. The maximum atomic E-state index is 13.9. The molecule has 2 aromatic carbocycles. The molecule has 2 fully saturated rings. The van der Waals surface area contributed by atoms with Gasteiger partial charge in [0.1, 0.15) is 28.4 Å². The predicted octanol–water partition coefficient (Wildman–Crippen LogP) is 5.61. The van der Waals surface area contributed by atoms with Gasteiger partial charge in [-0.1, -0.05) is 17.4 Å². The summed E-state index contributed by atoms with van der Waals surface area (Å²) >= 11 is 1.32. The number of nitrogens with zero attached hydrogens (tertiary/aromatic N) is 2. The van der Waals surface area contributed by atoms with E-state index in [4.69, 9.17) is 9.15 Å². The number of aromatic nitrogens is 1. The van der Waals surface area contributed by atoms with Gasteiger partial charge < -0.3 is 14.5 Å². The average Bonchev–Trinajstić information content (AvgIpc) is 3.42. The van der Waals surface area contributed by atoms with Crippen molar-refractivity contribution in [3.63, 3.8) is 0 Å². The number of fused-ring (bicyclic) bond motifs is 4. The zero-order valence-electron chi connectivity index (χ0n) is 18.2. The van der Waals surface area contributed by atoms with Gasteiger partial charge in [-0.15, -0.1) is 0 Å². The molecule has 3 atom stereocenters. The maximum Gasteiger partial charge on any atom is 0.279 e. The molecule has 0 saturated carbocycles. The molecule has 1 N–H and O–H groups in total. The van der Waals surface area contributed by atoms with Gasteiger partial charge in [-0.25, -0.2) is 4.39 Å². The monoisotopic (exact) mass is 465 g/mol. The maximum absolute atomic E-state index is 13.9. The van der Waals surface area contributed by atoms with Crippen LogP contribution >= 0.6 is 11.3 Å². The van der Waals surface area contributed by atoms with Crippen molar-refractivity contribution in [1.82, 2.24) is 15.2 Å². The molecule has 4 heterocycles. The second-order valence-corrected chi connectivity index (χ2v) is 10.0. The van der Waals surface area contributed by atoms with Crippen molar-refractivity contribution >= 4 is 38.4 Å². The van der Waals surface area contributed by atoms with Crippen molar-refractivity contribution in [2.45, 2.75) is 57.3 Å². The van der Waals surface area contributed by atoms with Gasteiger partial charge in [-0.2, -0.15) is 4.98 Å². The second kappa shape index (κ2) is 8.11. The van der Waals surface area contributed by atoms with Crippen molar-refractivity contribution in [1.29, 1.82) is 0 Å². The number of hydrogen-bond donors (Lipinski definition) is 1. The molecule has 4 aromatic rings. The molecular weight excluding hydrogens is 441 g/mol. The third-order valence-corrected chi connectivity index (χ3v) is 7.62. The first-order valence-electron chi connectivity index (χ1n) is 11.3. The number of rotatable bonds is 5. The highest BCUT2D eigenvalue weighted by atomic mass is 32.1. The number of carbonyl (C=O) groups is 1.